The molecule has 0 heterocycles. The van der Waals surface area contributed by atoms with Crippen LogP contribution in [0.3, 0.4) is 0 Å². The number of nitrogens with one attached hydrogen (secondary N) is 1. The second kappa shape index (κ2) is 6.50. The second-order valence-electron chi connectivity index (χ2n) is 4.99. The molecule has 0 saturated heterocycles. The summed E-state index contributed by atoms with van der Waals surface area (Å²) in [7, 11) is -3.49. The van der Waals surface area contributed by atoms with Gasteiger partial charge in [-0.1, -0.05) is 26.0 Å². The first-order valence-electron chi connectivity index (χ1n) is 6.60. The number of sulfonamides is 1. The molecule has 1 rings (SSSR count). The maximum absolute atomic E-state index is 12.3. The zero-order chi connectivity index (χ0) is 14.5. The Morgan fingerprint density at radius 3 is 2.11 bits per heavy atom. The summed E-state index contributed by atoms with van der Waals surface area (Å²) >= 11 is 0. The van der Waals surface area contributed by atoms with Crippen LogP contribution in [0.2, 0.25) is 0 Å². The predicted molar refractivity (Wildman–Crippen MR) is 76.5 cm³/mol. The fourth-order valence-corrected chi connectivity index (χ4v) is 3.29. The molecule has 1 aromatic carbocycles. The van der Waals surface area contributed by atoms with Crippen LogP contribution in [-0.4, -0.2) is 25.7 Å². The monoisotopic (exact) mass is 285 g/mol. The van der Waals surface area contributed by atoms with Crippen molar-refractivity contribution in [2.75, 3.05) is 6.61 Å². The molecule has 0 atom stereocenters. The molecule has 4 nitrogen and oxygen atoms in total. The third-order valence-corrected chi connectivity index (χ3v) is 5.23. The summed E-state index contributed by atoms with van der Waals surface area (Å²) < 4.78 is 27.3. The van der Waals surface area contributed by atoms with E-state index >= 15 is 0 Å². The Kier molecular flexibility index (Phi) is 5.52. The molecule has 1 aromatic rings. The first kappa shape index (κ1) is 16.1. The molecular formula is C14H23NO3S. The number of benzene rings is 1. The first-order valence-corrected chi connectivity index (χ1v) is 8.09. The average molecular weight is 285 g/mol. The standard InChI is InChI=1S/C14H23NO3S/c1-4-14(3,5-2)15-19(17,18)13-8-6-12(7-9-13)10-11-16/h6-9,15-16H,4-5,10-11H2,1-3H3. The van der Waals surface area contributed by atoms with Gasteiger partial charge in [0.1, 0.15) is 0 Å². The highest BCUT2D eigenvalue weighted by Crippen LogP contribution is 2.19. The van der Waals surface area contributed by atoms with Crippen molar-refractivity contribution in [1.82, 2.24) is 4.72 Å². The summed E-state index contributed by atoms with van der Waals surface area (Å²) in [6, 6.07) is 6.64. The number of rotatable bonds is 7. The molecule has 2 N–H and O–H groups in total. The molecule has 0 unspecified atom stereocenters. The van der Waals surface area contributed by atoms with Crippen molar-refractivity contribution in [1.29, 1.82) is 0 Å². The zero-order valence-corrected chi connectivity index (χ0v) is 12.6. The SMILES string of the molecule is CCC(C)(CC)NS(=O)(=O)c1ccc(CCO)cc1. The normalized spacial score (nSPS) is 12.6. The van der Waals surface area contributed by atoms with E-state index in [1.54, 1.807) is 24.3 Å². The number of aliphatic hydroxyl groups is 1. The van der Waals surface area contributed by atoms with Crippen LogP contribution in [0, 0.1) is 0 Å². The molecule has 0 radical (unpaired) electrons. The molecule has 5 heteroatoms. The van der Waals surface area contributed by atoms with Gasteiger partial charge in [-0.2, -0.15) is 0 Å². The highest BCUT2D eigenvalue weighted by Gasteiger charge is 2.27. The van der Waals surface area contributed by atoms with Crippen LogP contribution in [0.5, 0.6) is 0 Å². The van der Waals surface area contributed by atoms with E-state index in [-0.39, 0.29) is 11.5 Å². The molecule has 0 amide bonds. The van der Waals surface area contributed by atoms with Gasteiger partial charge in [0.15, 0.2) is 0 Å². The summed E-state index contributed by atoms with van der Waals surface area (Å²) in [4.78, 5) is 0.266. The van der Waals surface area contributed by atoms with Gasteiger partial charge < -0.3 is 5.11 Å². The lowest BCUT2D eigenvalue weighted by Crippen LogP contribution is -2.44. The Morgan fingerprint density at radius 2 is 1.68 bits per heavy atom. The molecule has 0 saturated carbocycles. The number of aliphatic hydroxyl groups excluding tert-OH is 1. The highest BCUT2D eigenvalue weighted by molar-refractivity contribution is 7.89. The Balaban J connectivity index is 2.94. The Hall–Kier alpha value is -0.910. The summed E-state index contributed by atoms with van der Waals surface area (Å²) in [5.41, 5.74) is 0.512. The van der Waals surface area contributed by atoms with Gasteiger partial charge in [-0.05, 0) is 43.9 Å². The van der Waals surface area contributed by atoms with Gasteiger partial charge in [-0.25, -0.2) is 13.1 Å². The third-order valence-electron chi connectivity index (χ3n) is 3.58. The molecule has 0 aliphatic rings. The van der Waals surface area contributed by atoms with Gasteiger partial charge in [-0.3, -0.25) is 0 Å². The van der Waals surface area contributed by atoms with Gasteiger partial charge in [0.25, 0.3) is 0 Å². The van der Waals surface area contributed by atoms with E-state index in [2.05, 4.69) is 4.72 Å². The van der Waals surface area contributed by atoms with Crippen molar-refractivity contribution in [2.45, 2.75) is 50.5 Å². The summed E-state index contributed by atoms with van der Waals surface area (Å²) in [5.74, 6) is 0. The maximum atomic E-state index is 12.3. The van der Waals surface area contributed by atoms with Crippen LogP contribution in [0.1, 0.15) is 39.2 Å². The van der Waals surface area contributed by atoms with Gasteiger partial charge in [0.2, 0.25) is 10.0 Å². The number of hydrogen-bond acceptors (Lipinski definition) is 3. The molecule has 19 heavy (non-hydrogen) atoms. The average Bonchev–Trinajstić information content (AvgIpc) is 2.39. The van der Waals surface area contributed by atoms with Crippen LogP contribution in [-0.2, 0) is 16.4 Å². The summed E-state index contributed by atoms with van der Waals surface area (Å²) in [5, 5.41) is 8.83. The molecule has 0 fully saturated rings. The van der Waals surface area contributed by atoms with Crippen molar-refractivity contribution in [3.63, 3.8) is 0 Å². The molecule has 0 bridgehead atoms. The van der Waals surface area contributed by atoms with Gasteiger partial charge >= 0.3 is 0 Å². The van der Waals surface area contributed by atoms with Gasteiger partial charge in [-0.15, -0.1) is 0 Å². The van der Waals surface area contributed by atoms with Crippen molar-refractivity contribution >= 4 is 10.0 Å². The number of hydrogen-bond donors (Lipinski definition) is 2. The lowest BCUT2D eigenvalue weighted by Gasteiger charge is -2.27. The largest absolute Gasteiger partial charge is 0.396 e. The maximum Gasteiger partial charge on any atom is 0.241 e. The smallest absolute Gasteiger partial charge is 0.241 e. The topological polar surface area (TPSA) is 66.4 Å². The van der Waals surface area contributed by atoms with Crippen molar-refractivity contribution in [3.05, 3.63) is 29.8 Å². The fraction of sp³-hybridized carbons (Fsp3) is 0.571. The Labute approximate surface area is 115 Å². The van der Waals surface area contributed by atoms with Crippen LogP contribution in [0.4, 0.5) is 0 Å². The fourth-order valence-electron chi connectivity index (χ4n) is 1.74. The first-order chi connectivity index (χ1) is 8.87. The van der Waals surface area contributed by atoms with E-state index in [0.717, 1.165) is 18.4 Å². The van der Waals surface area contributed by atoms with Crippen LogP contribution >= 0.6 is 0 Å². The van der Waals surface area contributed by atoms with Crippen LogP contribution in [0.25, 0.3) is 0 Å². The van der Waals surface area contributed by atoms with Gasteiger partial charge in [0, 0.05) is 12.1 Å². The predicted octanol–water partition coefficient (Wildman–Crippen LogP) is 2.08. The second-order valence-corrected chi connectivity index (χ2v) is 6.67. The van der Waals surface area contributed by atoms with E-state index in [4.69, 9.17) is 5.11 Å². The zero-order valence-electron chi connectivity index (χ0n) is 11.8. The molecule has 0 spiro atoms. The summed E-state index contributed by atoms with van der Waals surface area (Å²) in [6.07, 6.45) is 2.02. The lowest BCUT2D eigenvalue weighted by atomic mass is 9.98. The molecule has 0 aliphatic heterocycles. The van der Waals surface area contributed by atoms with Crippen LogP contribution in [0.15, 0.2) is 29.2 Å². The van der Waals surface area contributed by atoms with E-state index in [1.165, 1.54) is 0 Å². The minimum Gasteiger partial charge on any atom is -0.396 e. The van der Waals surface area contributed by atoms with Gasteiger partial charge in [0.05, 0.1) is 4.90 Å². The quantitative estimate of drug-likeness (QED) is 0.806. The van der Waals surface area contributed by atoms with E-state index in [0.29, 0.717) is 6.42 Å². The third kappa shape index (κ3) is 4.30. The summed E-state index contributed by atoms with van der Waals surface area (Å²) in [6.45, 7) is 5.91. The minimum absolute atomic E-state index is 0.0636. The van der Waals surface area contributed by atoms with Crippen LogP contribution < -0.4 is 4.72 Å². The Bertz CT molecular complexity index is 490. The molecule has 108 valence electrons. The van der Waals surface area contributed by atoms with E-state index in [1.807, 2.05) is 20.8 Å². The van der Waals surface area contributed by atoms with Crippen molar-refractivity contribution in [3.8, 4) is 0 Å². The van der Waals surface area contributed by atoms with Crippen molar-refractivity contribution < 1.29 is 13.5 Å². The van der Waals surface area contributed by atoms with Crippen molar-refractivity contribution in [2.24, 2.45) is 0 Å². The molecule has 0 aromatic heterocycles. The minimum atomic E-state index is -3.49. The van der Waals surface area contributed by atoms with E-state index < -0.39 is 15.6 Å². The molecule has 0 aliphatic carbocycles. The Morgan fingerprint density at radius 1 is 1.16 bits per heavy atom. The highest BCUT2D eigenvalue weighted by atomic mass is 32.2. The lowest BCUT2D eigenvalue weighted by molar-refractivity contribution is 0.299. The molecular weight excluding hydrogens is 262 g/mol. The van der Waals surface area contributed by atoms with E-state index in [9.17, 15) is 8.42 Å².